The molecule has 192 valence electrons. The van der Waals surface area contributed by atoms with Gasteiger partial charge in [0.1, 0.15) is 23.0 Å². The fourth-order valence-corrected chi connectivity index (χ4v) is 3.79. The van der Waals surface area contributed by atoms with Gasteiger partial charge in [-0.05, 0) is 54.1 Å². The molecule has 0 bridgehead atoms. The van der Waals surface area contributed by atoms with Crippen molar-refractivity contribution in [3.05, 3.63) is 94.1 Å². The van der Waals surface area contributed by atoms with Gasteiger partial charge >= 0.3 is 0 Å². The predicted octanol–water partition coefficient (Wildman–Crippen LogP) is 6.12. The van der Waals surface area contributed by atoms with Crippen molar-refractivity contribution in [2.45, 2.75) is 6.42 Å². The van der Waals surface area contributed by atoms with E-state index in [-0.39, 0.29) is 18.0 Å². The maximum absolute atomic E-state index is 12.8. The van der Waals surface area contributed by atoms with Gasteiger partial charge in [-0.25, -0.2) is 0 Å². The zero-order valence-electron chi connectivity index (χ0n) is 21.0. The molecule has 3 aromatic rings. The largest absolute Gasteiger partial charge is 0.496 e. The van der Waals surface area contributed by atoms with Gasteiger partial charge in [0.2, 0.25) is 0 Å². The fourth-order valence-electron chi connectivity index (χ4n) is 3.53. The second-order valence-corrected chi connectivity index (χ2v) is 8.72. The van der Waals surface area contributed by atoms with E-state index in [4.69, 9.17) is 18.9 Å². The van der Waals surface area contributed by atoms with Crippen LogP contribution in [0.4, 0.5) is 5.69 Å². The van der Waals surface area contributed by atoms with Crippen molar-refractivity contribution in [2.24, 2.45) is 0 Å². The minimum atomic E-state index is -0.139. The Morgan fingerprint density at radius 3 is 2.05 bits per heavy atom. The van der Waals surface area contributed by atoms with Crippen molar-refractivity contribution < 1.29 is 28.5 Å². The van der Waals surface area contributed by atoms with Crippen LogP contribution in [-0.4, -0.2) is 40.0 Å². The lowest BCUT2D eigenvalue weighted by atomic mass is 10.1. The van der Waals surface area contributed by atoms with Gasteiger partial charge in [0, 0.05) is 40.9 Å². The van der Waals surface area contributed by atoms with Gasteiger partial charge in [0.25, 0.3) is 0 Å². The zero-order chi connectivity index (χ0) is 26.8. The first-order valence-corrected chi connectivity index (χ1v) is 12.1. The smallest absolute Gasteiger partial charge is 0.187 e. The first kappa shape index (κ1) is 27.5. The molecule has 3 aromatic carbocycles. The summed E-state index contributed by atoms with van der Waals surface area (Å²) < 4.78 is 22.4. The zero-order valence-corrected chi connectivity index (χ0v) is 22.6. The second kappa shape index (κ2) is 13.3. The molecular formula is C29H28BrNO6. The van der Waals surface area contributed by atoms with E-state index >= 15 is 0 Å². The van der Waals surface area contributed by atoms with E-state index in [1.807, 2.05) is 24.3 Å². The summed E-state index contributed by atoms with van der Waals surface area (Å²) >= 11 is 3.36. The van der Waals surface area contributed by atoms with Gasteiger partial charge in [-0.15, -0.1) is 0 Å². The molecule has 0 saturated carbocycles. The Morgan fingerprint density at radius 1 is 0.811 bits per heavy atom. The summed E-state index contributed by atoms with van der Waals surface area (Å²) in [5.74, 6) is 1.97. The maximum Gasteiger partial charge on any atom is 0.187 e. The third-order valence-corrected chi connectivity index (χ3v) is 5.96. The minimum absolute atomic E-state index is 0.114. The third-order valence-electron chi connectivity index (χ3n) is 5.43. The molecule has 37 heavy (non-hydrogen) atoms. The molecule has 0 fully saturated rings. The van der Waals surface area contributed by atoms with E-state index in [1.165, 1.54) is 12.2 Å². The molecule has 3 rings (SSSR count). The number of nitrogens with one attached hydrogen (secondary N) is 1. The second-order valence-electron chi connectivity index (χ2n) is 7.81. The number of allylic oxidation sites excluding steroid dienone is 2. The van der Waals surface area contributed by atoms with Crippen molar-refractivity contribution in [3.8, 4) is 23.0 Å². The quantitative estimate of drug-likeness (QED) is 0.209. The number of carbonyl (C=O) groups excluding carboxylic acids is 2. The van der Waals surface area contributed by atoms with Crippen LogP contribution in [0.5, 0.6) is 23.0 Å². The molecule has 0 heterocycles. The summed E-state index contributed by atoms with van der Waals surface area (Å²) in [5.41, 5.74) is 2.62. The Kier molecular flexibility index (Phi) is 9.92. The lowest BCUT2D eigenvalue weighted by Crippen LogP contribution is -2.02. The molecule has 0 radical (unpaired) electrons. The van der Waals surface area contributed by atoms with Gasteiger partial charge in [0.15, 0.2) is 11.6 Å². The van der Waals surface area contributed by atoms with Crippen LogP contribution in [0.3, 0.4) is 0 Å². The van der Waals surface area contributed by atoms with Gasteiger partial charge in [0.05, 0.1) is 39.7 Å². The van der Waals surface area contributed by atoms with Crippen LogP contribution in [0.2, 0.25) is 0 Å². The average Bonchev–Trinajstić information content (AvgIpc) is 2.91. The molecule has 0 aliphatic rings. The number of hydrogen-bond donors (Lipinski definition) is 1. The standard InChI is InChI=1S/C29H28BrNO6/c1-34-23-17-28(36-3)24(29(18-23)37-4)11-10-22(32)15-19-5-12-27(35-2)25(16-19)31-14-13-26(33)20-6-8-21(30)9-7-20/h5-14,16-18,31H,15H2,1-4H3/b11-10+,14-13+. The summed E-state index contributed by atoms with van der Waals surface area (Å²) in [6, 6.07) is 16.0. The highest BCUT2D eigenvalue weighted by atomic mass is 79.9. The summed E-state index contributed by atoms with van der Waals surface area (Å²) in [7, 11) is 6.20. The van der Waals surface area contributed by atoms with Gasteiger partial charge in [-0.3, -0.25) is 9.59 Å². The van der Waals surface area contributed by atoms with Gasteiger partial charge < -0.3 is 24.3 Å². The number of ketones is 2. The summed E-state index contributed by atoms with van der Waals surface area (Å²) in [6.45, 7) is 0. The summed E-state index contributed by atoms with van der Waals surface area (Å²) in [6.07, 6.45) is 6.31. The van der Waals surface area contributed by atoms with Gasteiger partial charge in [-0.1, -0.05) is 22.0 Å². The number of benzene rings is 3. The van der Waals surface area contributed by atoms with E-state index in [0.29, 0.717) is 39.8 Å². The lowest BCUT2D eigenvalue weighted by Gasteiger charge is -2.12. The highest BCUT2D eigenvalue weighted by Crippen LogP contribution is 2.35. The highest BCUT2D eigenvalue weighted by molar-refractivity contribution is 9.10. The first-order valence-electron chi connectivity index (χ1n) is 11.3. The minimum Gasteiger partial charge on any atom is -0.496 e. The average molecular weight is 566 g/mol. The van der Waals surface area contributed by atoms with E-state index in [2.05, 4.69) is 21.2 Å². The summed E-state index contributed by atoms with van der Waals surface area (Å²) in [4.78, 5) is 25.1. The summed E-state index contributed by atoms with van der Waals surface area (Å²) in [5, 5.41) is 3.08. The van der Waals surface area contributed by atoms with Crippen LogP contribution in [-0.2, 0) is 11.2 Å². The van der Waals surface area contributed by atoms with Crippen LogP contribution >= 0.6 is 15.9 Å². The van der Waals surface area contributed by atoms with Crippen molar-refractivity contribution in [1.82, 2.24) is 0 Å². The third kappa shape index (κ3) is 7.47. The van der Waals surface area contributed by atoms with Crippen LogP contribution in [0.15, 0.2) is 77.4 Å². The molecule has 0 unspecified atom stereocenters. The predicted molar refractivity (Wildman–Crippen MR) is 148 cm³/mol. The molecule has 0 atom stereocenters. The molecule has 0 amide bonds. The van der Waals surface area contributed by atoms with E-state index < -0.39 is 0 Å². The highest BCUT2D eigenvalue weighted by Gasteiger charge is 2.12. The lowest BCUT2D eigenvalue weighted by molar-refractivity contribution is -0.113. The number of hydrogen-bond acceptors (Lipinski definition) is 7. The SMILES string of the molecule is COc1cc(OC)c(/C=C/C(=O)Cc2ccc(OC)c(N/C=C/C(=O)c3ccc(Br)cc3)c2)c(OC)c1. The van der Waals surface area contributed by atoms with Crippen molar-refractivity contribution in [1.29, 1.82) is 0 Å². The van der Waals surface area contributed by atoms with E-state index in [1.54, 1.807) is 71.0 Å². The Morgan fingerprint density at radius 2 is 1.46 bits per heavy atom. The van der Waals surface area contributed by atoms with Crippen molar-refractivity contribution >= 4 is 39.3 Å². The molecule has 8 heteroatoms. The normalized spacial score (nSPS) is 10.9. The maximum atomic E-state index is 12.8. The Balaban J connectivity index is 1.72. The number of halogens is 1. The molecule has 7 nitrogen and oxygen atoms in total. The van der Waals surface area contributed by atoms with Crippen molar-refractivity contribution in [3.63, 3.8) is 0 Å². The van der Waals surface area contributed by atoms with E-state index in [9.17, 15) is 9.59 Å². The molecular weight excluding hydrogens is 538 g/mol. The Hall–Kier alpha value is -4.04. The Labute approximate surface area is 224 Å². The monoisotopic (exact) mass is 565 g/mol. The topological polar surface area (TPSA) is 83.1 Å². The van der Waals surface area contributed by atoms with Crippen LogP contribution in [0.1, 0.15) is 21.5 Å². The fraction of sp³-hybridized carbons (Fsp3) is 0.172. The number of anilines is 1. The number of carbonyl (C=O) groups is 2. The molecule has 0 aromatic heterocycles. The number of methoxy groups -OCH3 is 4. The Bertz CT molecular complexity index is 1290. The molecule has 0 aliphatic heterocycles. The number of rotatable bonds is 12. The van der Waals surface area contributed by atoms with Crippen LogP contribution < -0.4 is 24.3 Å². The van der Waals surface area contributed by atoms with Gasteiger partial charge in [-0.2, -0.15) is 0 Å². The van der Waals surface area contributed by atoms with Crippen LogP contribution in [0.25, 0.3) is 6.08 Å². The van der Waals surface area contributed by atoms with Crippen molar-refractivity contribution in [2.75, 3.05) is 33.8 Å². The van der Waals surface area contributed by atoms with Crippen LogP contribution in [0, 0.1) is 0 Å². The molecule has 0 saturated heterocycles. The molecule has 0 aliphatic carbocycles. The van der Waals surface area contributed by atoms with E-state index in [0.717, 1.165) is 10.0 Å². The number of ether oxygens (including phenoxy) is 4. The first-order chi connectivity index (χ1) is 17.9. The molecule has 1 N–H and O–H groups in total. The molecule has 0 spiro atoms.